The number of carboxylic acids is 1. The van der Waals surface area contributed by atoms with E-state index in [0.717, 1.165) is 0 Å². The normalized spacial score (nSPS) is 11.3. The van der Waals surface area contributed by atoms with E-state index in [2.05, 4.69) is 38.3 Å². The molecule has 0 aliphatic heterocycles. The summed E-state index contributed by atoms with van der Waals surface area (Å²) in [5, 5.41) is 14.6. The van der Waals surface area contributed by atoms with Crippen molar-refractivity contribution in [3.8, 4) is 0 Å². The van der Waals surface area contributed by atoms with E-state index in [9.17, 15) is 9.59 Å². The molecule has 0 saturated carbocycles. The smallest absolute Gasteiger partial charge is 0.336 e. The van der Waals surface area contributed by atoms with E-state index in [-0.39, 0.29) is 17.0 Å². The van der Waals surface area contributed by atoms with Crippen molar-refractivity contribution in [3.05, 3.63) is 29.3 Å². The van der Waals surface area contributed by atoms with Gasteiger partial charge in [-0.25, -0.2) is 9.59 Å². The molecule has 0 aromatic heterocycles. The lowest BCUT2D eigenvalue weighted by atomic mass is 9.81. The first-order valence-corrected chi connectivity index (χ1v) is 7.03. The van der Waals surface area contributed by atoms with Crippen LogP contribution in [0.5, 0.6) is 0 Å². The number of rotatable bonds is 5. The molecular formula is C16H24N2O3. The Morgan fingerprint density at radius 1 is 1.29 bits per heavy atom. The van der Waals surface area contributed by atoms with Crippen LogP contribution in [0.2, 0.25) is 0 Å². The highest BCUT2D eigenvalue weighted by Crippen LogP contribution is 2.24. The van der Waals surface area contributed by atoms with Crippen LogP contribution in [0.15, 0.2) is 18.2 Å². The fourth-order valence-corrected chi connectivity index (χ4v) is 1.68. The molecule has 0 radical (unpaired) electrons. The van der Waals surface area contributed by atoms with E-state index in [0.29, 0.717) is 23.7 Å². The van der Waals surface area contributed by atoms with E-state index in [1.54, 1.807) is 19.1 Å². The molecule has 1 rings (SSSR count). The molecule has 0 heterocycles. The summed E-state index contributed by atoms with van der Waals surface area (Å²) in [5.41, 5.74) is 1.24. The van der Waals surface area contributed by atoms with Gasteiger partial charge in [0, 0.05) is 12.2 Å². The second-order valence-corrected chi connectivity index (χ2v) is 6.23. The zero-order valence-electron chi connectivity index (χ0n) is 13.3. The number of amides is 2. The summed E-state index contributed by atoms with van der Waals surface area (Å²) in [4.78, 5) is 23.0. The lowest BCUT2D eigenvalue weighted by Gasteiger charge is -2.29. The third-order valence-electron chi connectivity index (χ3n) is 4.08. The number of benzene rings is 1. The minimum absolute atomic E-state index is 0.00467. The molecule has 21 heavy (non-hydrogen) atoms. The van der Waals surface area contributed by atoms with Crippen molar-refractivity contribution in [2.24, 2.45) is 11.3 Å². The van der Waals surface area contributed by atoms with Crippen LogP contribution in [0.25, 0.3) is 0 Å². The summed E-state index contributed by atoms with van der Waals surface area (Å²) < 4.78 is 0. The van der Waals surface area contributed by atoms with E-state index in [1.165, 1.54) is 6.07 Å². The fourth-order valence-electron chi connectivity index (χ4n) is 1.68. The first-order valence-electron chi connectivity index (χ1n) is 7.03. The summed E-state index contributed by atoms with van der Waals surface area (Å²) in [6, 6.07) is 4.50. The first-order chi connectivity index (χ1) is 9.65. The average Bonchev–Trinajstić information content (AvgIpc) is 2.38. The molecule has 0 saturated heterocycles. The van der Waals surface area contributed by atoms with Crippen molar-refractivity contribution in [1.29, 1.82) is 0 Å². The van der Waals surface area contributed by atoms with Crippen molar-refractivity contribution in [3.63, 3.8) is 0 Å². The van der Waals surface area contributed by atoms with Gasteiger partial charge in [-0.2, -0.15) is 0 Å². The van der Waals surface area contributed by atoms with Crippen molar-refractivity contribution >= 4 is 17.7 Å². The van der Waals surface area contributed by atoms with Gasteiger partial charge in [-0.1, -0.05) is 33.8 Å². The highest BCUT2D eigenvalue weighted by Gasteiger charge is 2.23. The maximum absolute atomic E-state index is 11.9. The highest BCUT2D eigenvalue weighted by molar-refractivity contribution is 5.95. The van der Waals surface area contributed by atoms with Gasteiger partial charge in [0.1, 0.15) is 0 Å². The summed E-state index contributed by atoms with van der Waals surface area (Å²) >= 11 is 0. The van der Waals surface area contributed by atoms with Gasteiger partial charge in [-0.3, -0.25) is 0 Å². The minimum Gasteiger partial charge on any atom is -0.478 e. The Hall–Kier alpha value is -2.04. The molecule has 0 aliphatic rings. The molecule has 0 atom stereocenters. The molecule has 1 aromatic carbocycles. The molecule has 0 aliphatic carbocycles. The largest absolute Gasteiger partial charge is 0.478 e. The van der Waals surface area contributed by atoms with Crippen LogP contribution in [0.3, 0.4) is 0 Å². The van der Waals surface area contributed by atoms with E-state index >= 15 is 0 Å². The third kappa shape index (κ3) is 4.48. The topological polar surface area (TPSA) is 78.4 Å². The van der Waals surface area contributed by atoms with Gasteiger partial charge in [0.2, 0.25) is 0 Å². The zero-order chi connectivity index (χ0) is 16.2. The van der Waals surface area contributed by atoms with Crippen molar-refractivity contribution in [2.75, 3.05) is 11.9 Å². The zero-order valence-corrected chi connectivity index (χ0v) is 13.3. The minimum atomic E-state index is -1.00. The number of carbonyl (C=O) groups is 2. The van der Waals surface area contributed by atoms with E-state index < -0.39 is 5.97 Å². The Balaban J connectivity index is 2.72. The van der Waals surface area contributed by atoms with Crippen LogP contribution in [-0.4, -0.2) is 23.7 Å². The van der Waals surface area contributed by atoms with E-state index in [4.69, 9.17) is 5.11 Å². The Bertz CT molecular complexity index is 536. The van der Waals surface area contributed by atoms with E-state index in [1.807, 2.05) is 0 Å². The van der Waals surface area contributed by atoms with Crippen molar-refractivity contribution < 1.29 is 14.7 Å². The molecule has 116 valence electrons. The monoisotopic (exact) mass is 292 g/mol. The lowest BCUT2D eigenvalue weighted by Crippen LogP contribution is -2.39. The number of anilines is 1. The van der Waals surface area contributed by atoms with Crippen LogP contribution in [-0.2, 0) is 0 Å². The second-order valence-electron chi connectivity index (χ2n) is 6.23. The summed E-state index contributed by atoms with van der Waals surface area (Å²) in [6.45, 7) is 10.6. The van der Waals surface area contributed by atoms with Gasteiger partial charge in [0.25, 0.3) is 0 Å². The van der Waals surface area contributed by atoms with Crippen molar-refractivity contribution in [1.82, 2.24) is 5.32 Å². The summed E-state index contributed by atoms with van der Waals surface area (Å²) in [6.07, 6.45) is 0. The molecule has 3 N–H and O–H groups in total. The SMILES string of the molecule is Cc1c(NC(=O)NCC(C)(C)C(C)C)cccc1C(=O)O. The van der Waals surface area contributed by atoms with Gasteiger partial charge < -0.3 is 15.7 Å². The molecule has 5 heteroatoms. The van der Waals surface area contributed by atoms with Gasteiger partial charge >= 0.3 is 12.0 Å². The number of hydrogen-bond donors (Lipinski definition) is 3. The quantitative estimate of drug-likeness (QED) is 0.777. The van der Waals surface area contributed by atoms with Crippen LogP contribution < -0.4 is 10.6 Å². The van der Waals surface area contributed by atoms with Crippen molar-refractivity contribution in [2.45, 2.75) is 34.6 Å². The Morgan fingerprint density at radius 2 is 1.90 bits per heavy atom. The Kier molecular flexibility index (Phi) is 5.35. The Morgan fingerprint density at radius 3 is 2.43 bits per heavy atom. The maximum atomic E-state index is 11.9. The molecule has 0 bridgehead atoms. The number of hydrogen-bond acceptors (Lipinski definition) is 2. The van der Waals surface area contributed by atoms with Crippen LogP contribution >= 0.6 is 0 Å². The van der Waals surface area contributed by atoms with Gasteiger partial charge in [-0.05, 0) is 36.0 Å². The van der Waals surface area contributed by atoms with Gasteiger partial charge in [0.15, 0.2) is 0 Å². The van der Waals surface area contributed by atoms with Crippen LogP contribution in [0.1, 0.15) is 43.6 Å². The van der Waals surface area contributed by atoms with Crippen LogP contribution in [0, 0.1) is 18.3 Å². The lowest BCUT2D eigenvalue weighted by molar-refractivity contribution is 0.0696. The second kappa shape index (κ2) is 6.61. The molecule has 0 unspecified atom stereocenters. The fraction of sp³-hybridized carbons (Fsp3) is 0.500. The molecular weight excluding hydrogens is 268 g/mol. The standard InChI is InChI=1S/C16H24N2O3/c1-10(2)16(4,5)9-17-15(21)18-13-8-6-7-12(11(13)3)14(19)20/h6-8,10H,9H2,1-5H3,(H,19,20)(H2,17,18,21). The third-order valence-corrected chi connectivity index (χ3v) is 4.08. The number of aromatic carboxylic acids is 1. The number of urea groups is 1. The molecule has 0 fully saturated rings. The molecule has 1 aromatic rings. The molecule has 5 nitrogen and oxygen atoms in total. The summed E-state index contributed by atoms with van der Waals surface area (Å²) in [5.74, 6) is -0.563. The first kappa shape index (κ1) is 17.0. The summed E-state index contributed by atoms with van der Waals surface area (Å²) in [7, 11) is 0. The maximum Gasteiger partial charge on any atom is 0.336 e. The predicted octanol–water partition coefficient (Wildman–Crippen LogP) is 3.50. The van der Waals surface area contributed by atoms with Gasteiger partial charge in [0.05, 0.1) is 5.56 Å². The van der Waals surface area contributed by atoms with Crippen LogP contribution in [0.4, 0.5) is 10.5 Å². The number of carbonyl (C=O) groups excluding carboxylic acids is 1. The number of carboxylic acid groups (broad SMARTS) is 1. The molecule has 2 amide bonds. The highest BCUT2D eigenvalue weighted by atomic mass is 16.4. The average molecular weight is 292 g/mol. The molecule has 0 spiro atoms. The Labute approximate surface area is 125 Å². The predicted molar refractivity (Wildman–Crippen MR) is 83.8 cm³/mol. The van der Waals surface area contributed by atoms with Gasteiger partial charge in [-0.15, -0.1) is 0 Å². The number of nitrogens with one attached hydrogen (secondary N) is 2.